The Morgan fingerprint density at radius 3 is 0.985 bits per heavy atom. The van der Waals surface area contributed by atoms with Gasteiger partial charge in [-0.1, -0.05) is 61.4 Å². The molecule has 0 aromatic heterocycles. The van der Waals surface area contributed by atoms with E-state index in [0.29, 0.717) is 11.5 Å². The molecule has 381 valence electrons. The van der Waals surface area contributed by atoms with E-state index in [2.05, 4.69) is 74.9 Å². The average molecular weight is 982 g/mol. The monoisotopic (exact) mass is 982 g/mol. The summed E-state index contributed by atoms with van der Waals surface area (Å²) in [6.45, 7) is 33.2. The van der Waals surface area contributed by atoms with Gasteiger partial charge >= 0.3 is 0 Å². The van der Waals surface area contributed by atoms with E-state index in [0.717, 1.165) is 144 Å². The van der Waals surface area contributed by atoms with Crippen molar-refractivity contribution in [1.29, 1.82) is 0 Å². The Morgan fingerprint density at radius 2 is 0.706 bits per heavy atom. The first-order valence-electron chi connectivity index (χ1n) is 25.8. The molecule has 2 atom stereocenters. The summed E-state index contributed by atoms with van der Waals surface area (Å²) in [4.78, 5) is 10.7. The summed E-state index contributed by atoms with van der Waals surface area (Å²) in [7, 11) is 0. The molecule has 2 aromatic carbocycles. The molecule has 9 heteroatoms. The zero-order chi connectivity index (χ0) is 44.9. The standard InChI is InChI=1S/C56H84N6O2.3CH4.Co/c1-5-25-59(29-15-9-16-30-59)43-47-37-49(55(63)51(39-47)45-61(27-7-3)33-19-11-20-34-61)41-57-53-23-13-14-24-54(53)58-42-50-38-48(44-60(26-6-2)31-17-10-18-32-60)40-52(56(50)64)46-62(28-8-4)35-21-12-22-36-62;;;;/h5-8,37-42,53-54H,1-4,9-36,43-46H2;3*1H4;/q+2;;;;/p+2/t53-,54?;;;;/m1..../s1. The number of nitrogens with zero attached hydrogens (tertiary/aromatic N) is 6. The van der Waals surface area contributed by atoms with Crippen LogP contribution in [0, 0.1) is 0 Å². The topological polar surface area (TPSA) is 65.2 Å². The van der Waals surface area contributed by atoms with Gasteiger partial charge in [0.25, 0.3) is 0 Å². The zero-order valence-electron chi connectivity index (χ0n) is 40.3. The van der Waals surface area contributed by atoms with E-state index < -0.39 is 0 Å². The molecule has 1 saturated carbocycles. The molecule has 4 heterocycles. The quantitative estimate of drug-likeness (QED) is 0.0789. The fraction of sp³-hybridized carbons (Fsp3) is 0.627. The van der Waals surface area contributed by atoms with Crippen molar-refractivity contribution in [1.82, 2.24) is 0 Å². The van der Waals surface area contributed by atoms with Crippen molar-refractivity contribution >= 4 is 12.4 Å². The molecule has 8 nitrogen and oxygen atoms in total. The van der Waals surface area contributed by atoms with Crippen molar-refractivity contribution in [3.8, 4) is 11.5 Å². The summed E-state index contributed by atoms with van der Waals surface area (Å²) in [5.74, 6) is 0.768. The van der Waals surface area contributed by atoms with Gasteiger partial charge in [0.2, 0.25) is 0 Å². The molecule has 1 radical (unpaired) electrons. The maximum atomic E-state index is 12.1. The third-order valence-electron chi connectivity index (χ3n) is 16.2. The molecule has 1 aliphatic carbocycles. The number of aromatic hydroxyl groups is 2. The molecule has 68 heavy (non-hydrogen) atoms. The van der Waals surface area contributed by atoms with Gasteiger partial charge in [-0.2, -0.15) is 0 Å². The number of rotatable bonds is 20. The number of benzene rings is 2. The maximum Gasteiger partial charge on any atom is 0.133 e. The minimum atomic E-state index is 0. The van der Waals surface area contributed by atoms with Crippen molar-refractivity contribution in [3.63, 3.8) is 0 Å². The van der Waals surface area contributed by atoms with Gasteiger partial charge in [0.1, 0.15) is 37.7 Å². The Labute approximate surface area is 426 Å². The van der Waals surface area contributed by atoms with E-state index in [1.54, 1.807) is 0 Å². The van der Waals surface area contributed by atoms with Gasteiger partial charge in [0.15, 0.2) is 0 Å². The minimum Gasteiger partial charge on any atom is -0.507 e. The molecule has 5 fully saturated rings. The van der Waals surface area contributed by atoms with Gasteiger partial charge in [-0.3, -0.25) is 9.98 Å². The largest absolute Gasteiger partial charge is 0.507 e. The van der Waals surface area contributed by atoms with Crippen LogP contribution in [0.5, 0.6) is 11.5 Å². The second kappa shape index (κ2) is 27.9. The van der Waals surface area contributed by atoms with Crippen LogP contribution in [0.3, 0.4) is 0 Å². The third-order valence-corrected chi connectivity index (χ3v) is 16.2. The number of likely N-dealkylation sites (tertiary alicyclic amines) is 4. The molecule has 0 bridgehead atoms. The number of aliphatic imine (C=N–C) groups is 2. The van der Waals surface area contributed by atoms with Gasteiger partial charge in [-0.25, -0.2) is 0 Å². The molecular weight excluding hydrogens is 884 g/mol. The summed E-state index contributed by atoms with van der Waals surface area (Å²) in [6.07, 6.45) is 31.6. The summed E-state index contributed by atoms with van der Waals surface area (Å²) < 4.78 is 3.99. The van der Waals surface area contributed by atoms with Gasteiger partial charge in [0.05, 0.1) is 90.6 Å². The average Bonchev–Trinajstić information content (AvgIpc) is 3.29. The summed E-state index contributed by atoms with van der Waals surface area (Å²) in [6, 6.07) is 9.12. The molecule has 4 aliphatic heterocycles. The van der Waals surface area contributed by atoms with Crippen molar-refractivity contribution < 1.29 is 44.9 Å². The molecule has 5 aliphatic rings. The van der Waals surface area contributed by atoms with Crippen LogP contribution in [0.4, 0.5) is 0 Å². The zero-order valence-corrected chi connectivity index (χ0v) is 41.3. The van der Waals surface area contributed by atoms with E-state index in [1.165, 1.54) is 114 Å². The molecule has 2 aromatic rings. The number of quaternary nitrogens is 4. The Balaban J connectivity index is 0.00000306. The Bertz CT molecular complexity index is 1810. The second-order valence-corrected chi connectivity index (χ2v) is 21.3. The smallest absolute Gasteiger partial charge is 0.133 e. The minimum absolute atomic E-state index is 0. The summed E-state index contributed by atoms with van der Waals surface area (Å²) in [5, 5.41) is 24.3. The number of hydrogen-bond acceptors (Lipinski definition) is 4. The van der Waals surface area contributed by atoms with Crippen molar-refractivity contribution in [2.24, 2.45) is 9.98 Å². The Morgan fingerprint density at radius 1 is 0.426 bits per heavy atom. The molecular formula is C59H98CoN6O2+4. The van der Waals surface area contributed by atoms with Crippen molar-refractivity contribution in [2.45, 2.75) is 163 Å². The first kappa shape index (κ1) is 59.0. The fourth-order valence-electron chi connectivity index (χ4n) is 12.9. The fourth-order valence-corrected chi connectivity index (χ4v) is 12.9. The SMILES string of the molecule is C.C.C.C=CC[N+]1(Cc2cc(C=NC3CCCC[C@H]3N=Cc3cc(C[N+]4(CC=C)CCCCC4)cc(C[N+]4(CC=C)CCCCC4)c3O)c(O)c(C[N+]3(CC=C)CCCCC3)c2)CCCCC1.[Co]. The van der Waals surface area contributed by atoms with Gasteiger partial charge < -0.3 is 28.1 Å². The van der Waals surface area contributed by atoms with E-state index in [9.17, 15) is 10.2 Å². The molecule has 2 N–H and O–H groups in total. The van der Waals surface area contributed by atoms with Gasteiger partial charge in [-0.05, 0) is 138 Å². The number of hydrogen-bond donors (Lipinski definition) is 2. The first-order chi connectivity index (χ1) is 31.2. The predicted octanol–water partition coefficient (Wildman–Crippen LogP) is 12.6. The molecule has 0 amide bonds. The first-order valence-corrected chi connectivity index (χ1v) is 25.8. The van der Waals surface area contributed by atoms with Crippen LogP contribution < -0.4 is 0 Å². The van der Waals surface area contributed by atoms with E-state index in [-0.39, 0.29) is 51.1 Å². The van der Waals surface area contributed by atoms with Crippen molar-refractivity contribution in [2.75, 3.05) is 78.5 Å². The maximum absolute atomic E-state index is 12.1. The van der Waals surface area contributed by atoms with Crippen LogP contribution in [0.1, 0.15) is 158 Å². The van der Waals surface area contributed by atoms with Crippen LogP contribution in [-0.4, -0.2) is 131 Å². The third kappa shape index (κ3) is 15.1. The summed E-state index contributed by atoms with van der Waals surface area (Å²) >= 11 is 0. The van der Waals surface area contributed by atoms with Crippen LogP contribution in [-0.2, 0) is 43.0 Å². The predicted molar refractivity (Wildman–Crippen MR) is 288 cm³/mol. The molecule has 7 rings (SSSR count). The number of piperidine rings is 4. The van der Waals surface area contributed by atoms with E-state index in [4.69, 9.17) is 9.98 Å². The Kier molecular flexibility index (Phi) is 24.2. The van der Waals surface area contributed by atoms with Crippen LogP contribution >= 0.6 is 0 Å². The summed E-state index contributed by atoms with van der Waals surface area (Å²) in [5.41, 5.74) is 6.34. The molecule has 1 unspecified atom stereocenters. The van der Waals surface area contributed by atoms with Gasteiger partial charge in [0, 0.05) is 62.6 Å². The number of phenols is 2. The van der Waals surface area contributed by atoms with Crippen molar-refractivity contribution in [3.05, 3.63) is 108 Å². The van der Waals surface area contributed by atoms with E-state index >= 15 is 0 Å². The normalized spacial score (nSPS) is 22.9. The number of phenolic OH excluding ortho intramolecular Hbond substituents is 2. The van der Waals surface area contributed by atoms with Crippen LogP contribution in [0.25, 0.3) is 0 Å². The van der Waals surface area contributed by atoms with Crippen LogP contribution in [0.2, 0.25) is 0 Å². The van der Waals surface area contributed by atoms with Crippen LogP contribution in [0.15, 0.2) is 84.9 Å². The van der Waals surface area contributed by atoms with E-state index in [1.807, 2.05) is 12.4 Å². The molecule has 0 spiro atoms. The Hall–Kier alpha value is -3.31. The molecule has 4 saturated heterocycles. The second-order valence-electron chi connectivity index (χ2n) is 21.3. The van der Waals surface area contributed by atoms with Gasteiger partial charge in [-0.15, -0.1) is 0 Å².